The fourth-order valence-electron chi connectivity index (χ4n) is 2.30. The van der Waals surface area contributed by atoms with Gasteiger partial charge in [-0.05, 0) is 12.1 Å². The summed E-state index contributed by atoms with van der Waals surface area (Å²) in [5.74, 6) is -0.121. The van der Waals surface area contributed by atoms with Crippen LogP contribution in [0.15, 0.2) is 30.9 Å². The van der Waals surface area contributed by atoms with Gasteiger partial charge < -0.3 is 9.64 Å². The molecular weight excluding hydrogens is 258 g/mol. The topological polar surface area (TPSA) is 73.1 Å². The highest BCUT2D eigenvalue weighted by Crippen LogP contribution is 2.15. The summed E-state index contributed by atoms with van der Waals surface area (Å²) in [7, 11) is 1.65. The van der Waals surface area contributed by atoms with E-state index < -0.39 is 0 Å². The summed E-state index contributed by atoms with van der Waals surface area (Å²) in [4.78, 5) is 22.1. The maximum atomic E-state index is 12.5. The van der Waals surface area contributed by atoms with E-state index in [0.29, 0.717) is 25.3 Å². The van der Waals surface area contributed by atoms with Crippen LogP contribution in [0.1, 0.15) is 16.2 Å². The first-order valence-corrected chi connectivity index (χ1v) is 6.36. The molecule has 0 spiro atoms. The van der Waals surface area contributed by atoms with Gasteiger partial charge in [0.2, 0.25) is 0 Å². The van der Waals surface area contributed by atoms with Gasteiger partial charge in [0.1, 0.15) is 12.0 Å². The number of carbonyl (C=O) groups is 1. The predicted octanol–water partition coefficient (Wildman–Crippen LogP) is 0.344. The molecule has 0 saturated heterocycles. The molecule has 0 unspecified atom stereocenters. The van der Waals surface area contributed by atoms with E-state index in [2.05, 4.69) is 15.1 Å². The summed E-state index contributed by atoms with van der Waals surface area (Å²) in [6.07, 6.45) is 4.60. The molecule has 0 N–H and O–H groups in total. The second-order valence-electron chi connectivity index (χ2n) is 4.64. The third kappa shape index (κ3) is 2.39. The highest BCUT2D eigenvalue weighted by atomic mass is 16.5. The van der Waals surface area contributed by atoms with Crippen molar-refractivity contribution in [3.63, 3.8) is 0 Å². The third-order valence-electron chi connectivity index (χ3n) is 3.38. The van der Waals surface area contributed by atoms with Crippen molar-refractivity contribution in [2.24, 2.45) is 0 Å². The van der Waals surface area contributed by atoms with Crippen molar-refractivity contribution in [3.8, 4) is 0 Å². The van der Waals surface area contributed by atoms with E-state index in [4.69, 9.17) is 4.74 Å². The minimum absolute atomic E-state index is 0.0815. The number of hydrogen-bond donors (Lipinski definition) is 0. The van der Waals surface area contributed by atoms with Gasteiger partial charge in [-0.2, -0.15) is 5.10 Å². The normalized spacial score (nSPS) is 18.4. The molecule has 0 aromatic carbocycles. The molecule has 3 heterocycles. The zero-order chi connectivity index (χ0) is 13.9. The molecule has 1 atom stereocenters. The van der Waals surface area contributed by atoms with E-state index in [9.17, 15) is 4.79 Å². The zero-order valence-corrected chi connectivity index (χ0v) is 11.1. The van der Waals surface area contributed by atoms with Crippen LogP contribution < -0.4 is 0 Å². The average molecular weight is 273 g/mol. The molecule has 0 saturated carbocycles. The number of methoxy groups -OCH3 is 1. The fourth-order valence-corrected chi connectivity index (χ4v) is 2.30. The summed E-state index contributed by atoms with van der Waals surface area (Å²) in [5, 5.41) is 4.25. The number of carbonyl (C=O) groups excluding carboxylic acids is 1. The summed E-state index contributed by atoms with van der Waals surface area (Å²) < 4.78 is 7.30. The summed E-state index contributed by atoms with van der Waals surface area (Å²) >= 11 is 0. The van der Waals surface area contributed by atoms with E-state index in [-0.39, 0.29) is 12.0 Å². The Hall–Kier alpha value is -2.28. The van der Waals surface area contributed by atoms with Crippen molar-refractivity contribution in [2.75, 3.05) is 13.7 Å². The molecule has 0 bridgehead atoms. The monoisotopic (exact) mass is 273 g/mol. The quantitative estimate of drug-likeness (QED) is 0.789. The molecule has 2 aromatic rings. The molecule has 1 aliphatic heterocycles. The Morgan fingerprint density at radius 2 is 2.25 bits per heavy atom. The molecule has 2 aromatic heterocycles. The zero-order valence-electron chi connectivity index (χ0n) is 11.1. The first-order chi connectivity index (χ1) is 9.78. The van der Waals surface area contributed by atoms with Crippen LogP contribution in [0.2, 0.25) is 0 Å². The summed E-state index contributed by atoms with van der Waals surface area (Å²) in [5.41, 5.74) is 1.38. The lowest BCUT2D eigenvalue weighted by Gasteiger charge is -2.22. The van der Waals surface area contributed by atoms with Crippen molar-refractivity contribution in [2.45, 2.75) is 19.2 Å². The van der Waals surface area contributed by atoms with Crippen LogP contribution >= 0.6 is 0 Å². The lowest BCUT2D eigenvalue weighted by atomic mass is 10.3. The Kier molecular flexibility index (Phi) is 3.42. The van der Waals surface area contributed by atoms with Gasteiger partial charge >= 0.3 is 0 Å². The summed E-state index contributed by atoms with van der Waals surface area (Å²) in [6.45, 7) is 1.66. The molecule has 1 aliphatic rings. The van der Waals surface area contributed by atoms with Crippen LogP contribution in [0.3, 0.4) is 0 Å². The van der Waals surface area contributed by atoms with Crippen LogP contribution in [0.5, 0.6) is 0 Å². The number of nitrogens with zero attached hydrogens (tertiary/aromatic N) is 5. The van der Waals surface area contributed by atoms with Crippen molar-refractivity contribution in [1.29, 1.82) is 0 Å². The Bertz CT molecular complexity index is 598. The van der Waals surface area contributed by atoms with E-state index in [1.165, 1.54) is 6.33 Å². The van der Waals surface area contributed by atoms with Gasteiger partial charge in [-0.25, -0.2) is 9.97 Å². The van der Waals surface area contributed by atoms with Gasteiger partial charge in [0.25, 0.3) is 5.91 Å². The van der Waals surface area contributed by atoms with Gasteiger partial charge in [0, 0.05) is 26.0 Å². The fraction of sp³-hybridized carbons (Fsp3) is 0.385. The maximum absolute atomic E-state index is 12.5. The molecule has 3 rings (SSSR count). The minimum atomic E-state index is -0.121. The van der Waals surface area contributed by atoms with Crippen molar-refractivity contribution >= 4 is 5.91 Å². The molecule has 1 amide bonds. The van der Waals surface area contributed by atoms with Crippen molar-refractivity contribution in [3.05, 3.63) is 42.2 Å². The van der Waals surface area contributed by atoms with E-state index >= 15 is 0 Å². The van der Waals surface area contributed by atoms with Crippen LogP contribution in [-0.2, 0) is 17.8 Å². The molecule has 7 heteroatoms. The highest BCUT2D eigenvalue weighted by Gasteiger charge is 2.26. The largest absolute Gasteiger partial charge is 0.378 e. The first kappa shape index (κ1) is 12.7. The second kappa shape index (κ2) is 5.38. The van der Waals surface area contributed by atoms with Gasteiger partial charge in [-0.1, -0.05) is 0 Å². The number of amides is 1. The van der Waals surface area contributed by atoms with Gasteiger partial charge in [-0.3, -0.25) is 9.48 Å². The number of hydrogen-bond acceptors (Lipinski definition) is 5. The van der Waals surface area contributed by atoms with Crippen LogP contribution in [-0.4, -0.2) is 50.3 Å². The van der Waals surface area contributed by atoms with E-state index in [1.807, 2.05) is 10.7 Å². The Labute approximate surface area is 116 Å². The van der Waals surface area contributed by atoms with Crippen LogP contribution in [0.25, 0.3) is 0 Å². The van der Waals surface area contributed by atoms with Crippen molar-refractivity contribution < 1.29 is 9.53 Å². The van der Waals surface area contributed by atoms with Gasteiger partial charge in [0.05, 0.1) is 24.9 Å². The first-order valence-electron chi connectivity index (χ1n) is 6.36. The van der Waals surface area contributed by atoms with Gasteiger partial charge in [0.15, 0.2) is 0 Å². The smallest absolute Gasteiger partial charge is 0.273 e. The molecule has 7 nitrogen and oxygen atoms in total. The Morgan fingerprint density at radius 1 is 1.35 bits per heavy atom. The lowest BCUT2D eigenvalue weighted by Crippen LogP contribution is -2.37. The molecule has 0 radical (unpaired) electrons. The van der Waals surface area contributed by atoms with E-state index in [1.54, 1.807) is 30.5 Å². The molecular formula is C13H15N5O2. The average Bonchev–Trinajstić information content (AvgIpc) is 2.85. The molecule has 104 valence electrons. The number of rotatable bonds is 2. The number of fused-ring (bicyclic) bond motifs is 1. The molecule has 0 fully saturated rings. The number of ether oxygens (including phenoxy) is 1. The predicted molar refractivity (Wildman–Crippen MR) is 69.8 cm³/mol. The standard InChI is InChI=1S/C13H15N5O2/c1-20-11-7-17(6-10-2-5-16-18(10)8-11)13(19)12-3-4-14-9-15-12/h2-5,9,11H,6-8H2,1H3/t11-/m0/s1. The second-order valence-corrected chi connectivity index (χ2v) is 4.64. The van der Waals surface area contributed by atoms with Crippen LogP contribution in [0, 0.1) is 0 Å². The maximum Gasteiger partial charge on any atom is 0.273 e. The Balaban J connectivity index is 1.87. The van der Waals surface area contributed by atoms with Gasteiger partial charge in [-0.15, -0.1) is 0 Å². The minimum Gasteiger partial charge on any atom is -0.378 e. The summed E-state index contributed by atoms with van der Waals surface area (Å²) in [6, 6.07) is 3.53. The van der Waals surface area contributed by atoms with Crippen LogP contribution in [0.4, 0.5) is 0 Å². The Morgan fingerprint density at radius 3 is 3.00 bits per heavy atom. The SMILES string of the molecule is CO[C@H]1CN(C(=O)c2ccncn2)Cc2ccnn2C1. The lowest BCUT2D eigenvalue weighted by molar-refractivity contribution is 0.0446. The number of aromatic nitrogens is 4. The highest BCUT2D eigenvalue weighted by molar-refractivity contribution is 5.92. The molecule has 0 aliphatic carbocycles. The van der Waals surface area contributed by atoms with Crippen molar-refractivity contribution in [1.82, 2.24) is 24.6 Å². The molecule has 20 heavy (non-hydrogen) atoms. The van der Waals surface area contributed by atoms with E-state index in [0.717, 1.165) is 5.69 Å². The third-order valence-corrected chi connectivity index (χ3v) is 3.38.